The second-order valence-electron chi connectivity index (χ2n) is 3.53. The predicted octanol–water partition coefficient (Wildman–Crippen LogP) is 0.256. The van der Waals surface area contributed by atoms with E-state index in [1.54, 1.807) is 13.0 Å². The Morgan fingerprint density at radius 2 is 1.95 bits per heavy atom. The molecule has 0 radical (unpaired) electrons. The Kier molecular flexibility index (Phi) is 9.62. The van der Waals surface area contributed by atoms with Gasteiger partial charge >= 0.3 is 6.09 Å². The van der Waals surface area contributed by atoms with Crippen molar-refractivity contribution in [3.05, 3.63) is 11.8 Å². The van der Waals surface area contributed by atoms with E-state index in [2.05, 4.69) is 20.7 Å². The van der Waals surface area contributed by atoms with Crippen LogP contribution in [-0.2, 0) is 9.53 Å². The first-order chi connectivity index (χ1) is 9.15. The molecule has 0 unspecified atom stereocenters. The van der Waals surface area contributed by atoms with Crippen molar-refractivity contribution in [2.75, 3.05) is 26.2 Å². The van der Waals surface area contributed by atoms with Crippen LogP contribution < -0.4 is 16.0 Å². The van der Waals surface area contributed by atoms with E-state index in [9.17, 15) is 9.59 Å². The highest BCUT2D eigenvalue weighted by Crippen LogP contribution is 1.90. The molecule has 0 saturated carbocycles. The molecule has 7 nitrogen and oxygen atoms in total. The van der Waals surface area contributed by atoms with Crippen LogP contribution in [0.25, 0.3) is 0 Å². The van der Waals surface area contributed by atoms with Gasteiger partial charge in [0.15, 0.2) is 0 Å². The summed E-state index contributed by atoms with van der Waals surface area (Å²) in [5.74, 6) is -0.407. The van der Waals surface area contributed by atoms with E-state index in [0.717, 1.165) is 6.42 Å². The lowest BCUT2D eigenvalue weighted by Gasteiger charge is -2.05. The normalized spacial score (nSPS) is 10.3. The maximum absolute atomic E-state index is 11.5. The van der Waals surface area contributed by atoms with E-state index in [1.807, 2.05) is 6.92 Å². The second kappa shape index (κ2) is 10.9. The van der Waals surface area contributed by atoms with E-state index in [0.29, 0.717) is 26.2 Å². The quantitative estimate of drug-likeness (QED) is 0.333. The lowest BCUT2D eigenvalue weighted by atomic mass is 10.3. The van der Waals surface area contributed by atoms with Crippen LogP contribution in [0.3, 0.4) is 0 Å². The van der Waals surface area contributed by atoms with E-state index in [4.69, 9.17) is 5.26 Å². The summed E-state index contributed by atoms with van der Waals surface area (Å²) in [4.78, 5) is 22.4. The first-order valence-electron chi connectivity index (χ1n) is 6.18. The van der Waals surface area contributed by atoms with Crippen LogP contribution >= 0.6 is 0 Å². The number of rotatable bonds is 8. The van der Waals surface area contributed by atoms with Gasteiger partial charge in [-0.05, 0) is 13.3 Å². The molecule has 3 N–H and O–H groups in total. The van der Waals surface area contributed by atoms with Gasteiger partial charge in [0.1, 0.15) is 11.6 Å². The third-order valence-corrected chi connectivity index (χ3v) is 1.96. The molecule has 19 heavy (non-hydrogen) atoms. The zero-order chi connectivity index (χ0) is 14.5. The molecule has 0 spiro atoms. The Balaban J connectivity index is 3.92. The van der Waals surface area contributed by atoms with Gasteiger partial charge < -0.3 is 20.7 Å². The molecule has 0 aliphatic rings. The molecule has 0 aromatic heterocycles. The molecule has 0 saturated heterocycles. The zero-order valence-electron chi connectivity index (χ0n) is 11.3. The van der Waals surface area contributed by atoms with Gasteiger partial charge in [0.25, 0.3) is 5.91 Å². The number of amides is 2. The van der Waals surface area contributed by atoms with Crippen LogP contribution in [0.15, 0.2) is 11.8 Å². The Morgan fingerprint density at radius 3 is 2.53 bits per heavy atom. The number of hydrogen-bond acceptors (Lipinski definition) is 5. The topological polar surface area (TPSA) is 103 Å². The zero-order valence-corrected chi connectivity index (χ0v) is 11.3. The maximum Gasteiger partial charge on any atom is 0.407 e. The van der Waals surface area contributed by atoms with Crippen LogP contribution in [0.1, 0.15) is 20.3 Å². The highest BCUT2D eigenvalue weighted by Gasteiger charge is 2.06. The molecule has 0 aromatic carbocycles. The van der Waals surface area contributed by atoms with Crippen LogP contribution in [0.5, 0.6) is 0 Å². The van der Waals surface area contributed by atoms with E-state index >= 15 is 0 Å². The number of alkyl carbamates (subject to hydrolysis) is 1. The summed E-state index contributed by atoms with van der Waals surface area (Å²) in [5, 5.41) is 16.7. The van der Waals surface area contributed by atoms with Crippen molar-refractivity contribution in [2.24, 2.45) is 0 Å². The minimum Gasteiger partial charge on any atom is -0.450 e. The van der Waals surface area contributed by atoms with E-state index < -0.39 is 12.0 Å². The summed E-state index contributed by atoms with van der Waals surface area (Å²) in [6, 6.07) is 1.81. The molecule has 106 valence electrons. The highest BCUT2D eigenvalue weighted by atomic mass is 16.5. The van der Waals surface area contributed by atoms with Crippen LogP contribution in [0, 0.1) is 11.3 Å². The maximum atomic E-state index is 11.5. The molecule has 0 aliphatic heterocycles. The minimum absolute atomic E-state index is 0.00425. The molecule has 0 atom stereocenters. The van der Waals surface area contributed by atoms with Crippen molar-refractivity contribution in [1.29, 1.82) is 5.26 Å². The number of carbonyl (C=O) groups excluding carboxylic acids is 2. The van der Waals surface area contributed by atoms with Gasteiger partial charge in [0.05, 0.1) is 6.61 Å². The summed E-state index contributed by atoms with van der Waals surface area (Å²) in [6.07, 6.45) is 1.65. The number of nitrogens with zero attached hydrogens (tertiary/aromatic N) is 1. The Hall–Kier alpha value is -2.23. The third-order valence-electron chi connectivity index (χ3n) is 1.96. The first kappa shape index (κ1) is 16.8. The van der Waals surface area contributed by atoms with Crippen molar-refractivity contribution in [3.8, 4) is 6.07 Å². The summed E-state index contributed by atoms with van der Waals surface area (Å²) in [5.41, 5.74) is 0.00425. The summed E-state index contributed by atoms with van der Waals surface area (Å²) < 4.78 is 4.66. The molecule has 0 heterocycles. The summed E-state index contributed by atoms with van der Waals surface area (Å²) >= 11 is 0. The number of carbonyl (C=O) groups is 2. The Morgan fingerprint density at radius 1 is 1.21 bits per heavy atom. The Bertz CT molecular complexity index is 360. The fraction of sp³-hybridized carbons (Fsp3) is 0.583. The van der Waals surface area contributed by atoms with Gasteiger partial charge in [-0.1, -0.05) is 6.92 Å². The monoisotopic (exact) mass is 268 g/mol. The average molecular weight is 268 g/mol. The Labute approximate surface area is 113 Å². The fourth-order valence-electron chi connectivity index (χ4n) is 1.08. The van der Waals surface area contributed by atoms with Gasteiger partial charge in [-0.15, -0.1) is 0 Å². The van der Waals surface area contributed by atoms with Gasteiger partial charge in [0, 0.05) is 25.8 Å². The number of ether oxygens (including phenoxy) is 1. The SMILES string of the molecule is CCCNC(=O)/C(C#N)=C\NCCNC(=O)OCC. The molecule has 0 aliphatic carbocycles. The molecule has 0 bridgehead atoms. The standard InChI is InChI=1S/C12H20N4O3/c1-3-5-15-11(17)10(8-13)9-14-6-7-16-12(18)19-4-2/h9,14H,3-7H2,1-2H3,(H,15,17)(H,16,18)/b10-9-. The summed E-state index contributed by atoms with van der Waals surface area (Å²) in [6.45, 7) is 5.22. The fourth-order valence-corrected chi connectivity index (χ4v) is 1.08. The largest absolute Gasteiger partial charge is 0.450 e. The molecular weight excluding hydrogens is 248 g/mol. The molecule has 2 amide bonds. The number of nitriles is 1. The second-order valence-corrected chi connectivity index (χ2v) is 3.53. The van der Waals surface area contributed by atoms with E-state index in [-0.39, 0.29) is 5.57 Å². The van der Waals surface area contributed by atoms with Crippen LogP contribution in [0.4, 0.5) is 4.79 Å². The summed E-state index contributed by atoms with van der Waals surface area (Å²) in [7, 11) is 0. The van der Waals surface area contributed by atoms with Crippen LogP contribution in [-0.4, -0.2) is 38.2 Å². The molecular formula is C12H20N4O3. The van der Waals surface area contributed by atoms with Gasteiger partial charge in [-0.25, -0.2) is 4.79 Å². The van der Waals surface area contributed by atoms with Crippen molar-refractivity contribution in [3.63, 3.8) is 0 Å². The van der Waals surface area contributed by atoms with Crippen molar-refractivity contribution in [2.45, 2.75) is 20.3 Å². The number of nitrogens with one attached hydrogen (secondary N) is 3. The molecule has 0 aromatic rings. The lowest BCUT2D eigenvalue weighted by molar-refractivity contribution is -0.117. The smallest absolute Gasteiger partial charge is 0.407 e. The third kappa shape index (κ3) is 8.49. The van der Waals surface area contributed by atoms with Crippen molar-refractivity contribution < 1.29 is 14.3 Å². The average Bonchev–Trinajstić information content (AvgIpc) is 2.40. The van der Waals surface area contributed by atoms with Gasteiger partial charge in [0.2, 0.25) is 0 Å². The van der Waals surface area contributed by atoms with Gasteiger partial charge in [-0.2, -0.15) is 5.26 Å². The number of hydrogen-bond donors (Lipinski definition) is 3. The minimum atomic E-state index is -0.491. The van der Waals surface area contributed by atoms with E-state index in [1.165, 1.54) is 6.20 Å². The highest BCUT2D eigenvalue weighted by molar-refractivity contribution is 5.97. The molecule has 7 heteroatoms. The van der Waals surface area contributed by atoms with Crippen molar-refractivity contribution in [1.82, 2.24) is 16.0 Å². The molecule has 0 rings (SSSR count). The van der Waals surface area contributed by atoms with Gasteiger partial charge in [-0.3, -0.25) is 4.79 Å². The van der Waals surface area contributed by atoms with Crippen molar-refractivity contribution >= 4 is 12.0 Å². The lowest BCUT2D eigenvalue weighted by Crippen LogP contribution is -2.31. The predicted molar refractivity (Wildman–Crippen MR) is 70.0 cm³/mol. The molecule has 0 fully saturated rings. The van der Waals surface area contributed by atoms with Crippen LogP contribution in [0.2, 0.25) is 0 Å². The first-order valence-corrected chi connectivity index (χ1v) is 6.18.